The molecule has 0 aliphatic carbocycles. The van der Waals surface area contributed by atoms with Gasteiger partial charge in [-0.15, -0.1) is 11.3 Å². The summed E-state index contributed by atoms with van der Waals surface area (Å²) in [7, 11) is 0. The number of hydrogen-bond acceptors (Lipinski definition) is 5. The highest BCUT2D eigenvalue weighted by atomic mass is 35.5. The molecule has 1 amide bonds. The highest BCUT2D eigenvalue weighted by Crippen LogP contribution is 2.44. The van der Waals surface area contributed by atoms with E-state index < -0.39 is 17.7 Å². The van der Waals surface area contributed by atoms with Crippen molar-refractivity contribution in [1.29, 1.82) is 0 Å². The van der Waals surface area contributed by atoms with Crippen molar-refractivity contribution in [3.63, 3.8) is 0 Å². The molecule has 2 heterocycles. The summed E-state index contributed by atoms with van der Waals surface area (Å²) in [4.78, 5) is 28.3. The van der Waals surface area contributed by atoms with E-state index in [9.17, 15) is 14.7 Å². The van der Waals surface area contributed by atoms with Gasteiger partial charge in [-0.2, -0.15) is 0 Å². The number of hydrogen-bond donors (Lipinski definition) is 1. The molecule has 0 saturated carbocycles. The monoisotopic (exact) mass is 453 g/mol. The number of benzene rings is 2. The van der Waals surface area contributed by atoms with Crippen LogP contribution in [0.3, 0.4) is 0 Å². The molecule has 31 heavy (non-hydrogen) atoms. The van der Waals surface area contributed by atoms with Crippen LogP contribution in [0.4, 0.5) is 5.69 Å². The number of aliphatic hydroxyl groups excluding tert-OH is 1. The minimum Gasteiger partial charge on any atom is -0.507 e. The van der Waals surface area contributed by atoms with Crippen molar-refractivity contribution in [3.05, 3.63) is 87.1 Å². The molecule has 1 aliphatic rings. The maximum absolute atomic E-state index is 13.1. The first-order valence-electron chi connectivity index (χ1n) is 9.74. The zero-order chi connectivity index (χ0) is 22.1. The standard InChI is InChI=1S/C24H20ClNO4S/c1-14(2)30-18-9-3-6-15(12-18)22(27)20-21(19-10-5-11-31-19)26(24(29)23(20)28)17-8-4-7-16(25)13-17/h3-14,21,27H,1-2H3/b22-20-. The van der Waals surface area contributed by atoms with Crippen LogP contribution in [0.2, 0.25) is 5.02 Å². The van der Waals surface area contributed by atoms with E-state index in [0.29, 0.717) is 22.0 Å². The Hall–Kier alpha value is -3.09. The number of ketones is 1. The molecule has 3 aromatic rings. The van der Waals surface area contributed by atoms with Crippen LogP contribution in [0.5, 0.6) is 5.75 Å². The van der Waals surface area contributed by atoms with Crippen molar-refractivity contribution in [3.8, 4) is 5.75 Å². The lowest BCUT2D eigenvalue weighted by Gasteiger charge is -2.24. The summed E-state index contributed by atoms with van der Waals surface area (Å²) in [6.07, 6.45) is -0.0445. The molecule has 1 unspecified atom stereocenters. The first-order chi connectivity index (χ1) is 14.9. The van der Waals surface area contributed by atoms with E-state index in [1.807, 2.05) is 31.4 Å². The van der Waals surface area contributed by atoms with Crippen molar-refractivity contribution in [1.82, 2.24) is 0 Å². The van der Waals surface area contributed by atoms with Gasteiger partial charge in [0.05, 0.1) is 11.7 Å². The smallest absolute Gasteiger partial charge is 0.300 e. The second-order valence-corrected chi connectivity index (χ2v) is 8.77. The summed E-state index contributed by atoms with van der Waals surface area (Å²) in [6, 6.07) is 16.5. The molecule has 0 radical (unpaired) electrons. The number of carbonyl (C=O) groups excluding carboxylic acids is 2. The molecule has 1 fully saturated rings. The minimum atomic E-state index is -0.756. The zero-order valence-electron chi connectivity index (χ0n) is 16.9. The summed E-state index contributed by atoms with van der Waals surface area (Å²) in [6.45, 7) is 3.81. The van der Waals surface area contributed by atoms with Crippen molar-refractivity contribution in [2.24, 2.45) is 0 Å². The van der Waals surface area contributed by atoms with Crippen molar-refractivity contribution in [2.45, 2.75) is 26.0 Å². The molecular weight excluding hydrogens is 434 g/mol. The van der Waals surface area contributed by atoms with Gasteiger partial charge in [-0.05, 0) is 55.6 Å². The van der Waals surface area contributed by atoms with Crippen molar-refractivity contribution in [2.75, 3.05) is 4.90 Å². The summed E-state index contributed by atoms with van der Waals surface area (Å²) in [5.41, 5.74) is 0.932. The fourth-order valence-corrected chi connectivity index (χ4v) is 4.59. The van der Waals surface area contributed by atoms with E-state index in [-0.39, 0.29) is 17.4 Å². The number of anilines is 1. The normalized spacial score (nSPS) is 18.1. The third-order valence-electron chi connectivity index (χ3n) is 4.82. The van der Waals surface area contributed by atoms with Crippen LogP contribution in [0.1, 0.15) is 30.3 Å². The molecule has 4 rings (SSSR count). The van der Waals surface area contributed by atoms with Gasteiger partial charge in [0.2, 0.25) is 0 Å². The predicted octanol–water partition coefficient (Wildman–Crippen LogP) is 5.82. The van der Waals surface area contributed by atoms with E-state index in [1.165, 1.54) is 16.2 Å². The molecule has 1 atom stereocenters. The molecule has 5 nitrogen and oxygen atoms in total. The first-order valence-corrected chi connectivity index (χ1v) is 11.0. The lowest BCUT2D eigenvalue weighted by atomic mass is 9.99. The van der Waals surface area contributed by atoms with Crippen LogP contribution in [-0.2, 0) is 9.59 Å². The summed E-state index contributed by atoms with van der Waals surface area (Å²) < 4.78 is 5.71. The maximum atomic E-state index is 13.1. The van der Waals surface area contributed by atoms with Gasteiger partial charge in [0.1, 0.15) is 17.6 Å². The maximum Gasteiger partial charge on any atom is 0.300 e. The van der Waals surface area contributed by atoms with Gasteiger partial charge in [0, 0.05) is 21.2 Å². The molecule has 0 bridgehead atoms. The van der Waals surface area contributed by atoms with E-state index in [0.717, 1.165) is 4.88 Å². The van der Waals surface area contributed by atoms with E-state index in [1.54, 1.807) is 48.5 Å². The number of aliphatic hydroxyl groups is 1. The minimum absolute atomic E-state index is 0.0362. The van der Waals surface area contributed by atoms with E-state index in [4.69, 9.17) is 16.3 Å². The quantitative estimate of drug-likeness (QED) is 0.300. The van der Waals surface area contributed by atoms with Gasteiger partial charge in [-0.25, -0.2) is 0 Å². The number of ether oxygens (including phenoxy) is 1. The Bertz CT molecular complexity index is 1170. The van der Waals surface area contributed by atoms with Gasteiger partial charge in [-0.1, -0.05) is 35.9 Å². The molecule has 158 valence electrons. The number of halogens is 1. The SMILES string of the molecule is CC(C)Oc1cccc(/C(O)=C2/C(=O)C(=O)N(c3cccc(Cl)c3)C2c2cccs2)c1. The molecule has 1 saturated heterocycles. The average molecular weight is 454 g/mol. The third-order valence-corrected chi connectivity index (χ3v) is 5.98. The molecular formula is C24H20ClNO4S. The zero-order valence-corrected chi connectivity index (χ0v) is 18.5. The predicted molar refractivity (Wildman–Crippen MR) is 123 cm³/mol. The van der Waals surface area contributed by atoms with Crippen molar-refractivity contribution < 1.29 is 19.4 Å². The molecule has 2 aromatic carbocycles. The second-order valence-electron chi connectivity index (χ2n) is 7.36. The van der Waals surface area contributed by atoms with Crippen LogP contribution in [0.15, 0.2) is 71.6 Å². The second kappa shape index (κ2) is 8.57. The highest BCUT2D eigenvalue weighted by Gasteiger charge is 2.47. The Morgan fingerprint density at radius 1 is 1.10 bits per heavy atom. The third kappa shape index (κ3) is 4.09. The van der Waals surface area contributed by atoms with E-state index >= 15 is 0 Å². The Morgan fingerprint density at radius 3 is 2.55 bits per heavy atom. The number of rotatable bonds is 5. The van der Waals surface area contributed by atoms with Crippen LogP contribution >= 0.6 is 22.9 Å². The van der Waals surface area contributed by atoms with Crippen LogP contribution in [-0.4, -0.2) is 22.9 Å². The van der Waals surface area contributed by atoms with Crippen LogP contribution in [0, 0.1) is 0 Å². The Labute approximate surface area is 189 Å². The Morgan fingerprint density at radius 2 is 1.87 bits per heavy atom. The number of Topliss-reactive ketones (excluding diaryl/α,β-unsaturated/α-hetero) is 1. The van der Waals surface area contributed by atoms with Crippen molar-refractivity contribution >= 4 is 46.1 Å². The Balaban J connectivity index is 1.88. The fraction of sp³-hybridized carbons (Fsp3) is 0.167. The molecule has 1 aromatic heterocycles. The number of amides is 1. The van der Waals surface area contributed by atoms with Gasteiger partial charge in [-0.3, -0.25) is 14.5 Å². The van der Waals surface area contributed by atoms with E-state index in [2.05, 4.69) is 0 Å². The Kier molecular flexibility index (Phi) is 5.85. The highest BCUT2D eigenvalue weighted by molar-refractivity contribution is 7.10. The number of nitrogens with zero attached hydrogens (tertiary/aromatic N) is 1. The lowest BCUT2D eigenvalue weighted by molar-refractivity contribution is -0.132. The fourth-order valence-electron chi connectivity index (χ4n) is 3.59. The van der Waals surface area contributed by atoms with Crippen LogP contribution < -0.4 is 9.64 Å². The lowest BCUT2D eigenvalue weighted by Crippen LogP contribution is -2.29. The average Bonchev–Trinajstić information content (AvgIpc) is 3.34. The molecule has 1 N–H and O–H groups in total. The summed E-state index contributed by atoms with van der Waals surface area (Å²) >= 11 is 7.54. The van der Waals surface area contributed by atoms with Gasteiger partial charge >= 0.3 is 0 Å². The molecule has 7 heteroatoms. The first kappa shape index (κ1) is 21.2. The van der Waals surface area contributed by atoms with Gasteiger partial charge < -0.3 is 9.84 Å². The van der Waals surface area contributed by atoms with Gasteiger partial charge in [0.25, 0.3) is 11.7 Å². The van der Waals surface area contributed by atoms with Crippen LogP contribution in [0.25, 0.3) is 5.76 Å². The molecule has 1 aliphatic heterocycles. The molecule has 0 spiro atoms. The number of thiophene rings is 1. The largest absolute Gasteiger partial charge is 0.507 e. The summed E-state index contributed by atoms with van der Waals surface area (Å²) in [5, 5.41) is 13.5. The van der Waals surface area contributed by atoms with Gasteiger partial charge in [0.15, 0.2) is 0 Å². The summed E-state index contributed by atoms with van der Waals surface area (Å²) in [5.74, 6) is -1.13. The topological polar surface area (TPSA) is 66.8 Å². The number of carbonyl (C=O) groups is 2.